The predicted molar refractivity (Wildman–Crippen MR) is 75.6 cm³/mol. The topological polar surface area (TPSA) is 102 Å². The quantitative estimate of drug-likeness (QED) is 0.652. The lowest BCUT2D eigenvalue weighted by Crippen LogP contribution is -2.48. The Kier molecular flexibility index (Phi) is 4.79. The number of morpholine rings is 1. The number of nitro benzene ring substituents is 1. The Bertz CT molecular complexity index is 658. The van der Waals surface area contributed by atoms with Gasteiger partial charge in [0.2, 0.25) is 0 Å². The van der Waals surface area contributed by atoms with Gasteiger partial charge in [-0.1, -0.05) is 11.6 Å². The van der Waals surface area contributed by atoms with Crippen molar-refractivity contribution in [2.45, 2.75) is 11.8 Å². The van der Waals surface area contributed by atoms with Gasteiger partial charge in [0.25, 0.3) is 15.7 Å². The first-order valence-electron chi connectivity index (χ1n) is 6.11. The Labute approximate surface area is 126 Å². The number of nitrogens with one attached hydrogen (secondary N) is 1. The van der Waals surface area contributed by atoms with E-state index in [4.69, 9.17) is 16.3 Å². The zero-order chi connectivity index (χ0) is 15.6. The zero-order valence-corrected chi connectivity index (χ0v) is 12.8. The molecule has 0 aliphatic carbocycles. The van der Waals surface area contributed by atoms with Crippen molar-refractivity contribution in [3.63, 3.8) is 0 Å². The van der Waals surface area contributed by atoms with Gasteiger partial charge in [0.1, 0.15) is 5.02 Å². The molecule has 1 aliphatic heterocycles. The summed E-state index contributed by atoms with van der Waals surface area (Å²) in [6, 6.07) is 2.24. The first kappa shape index (κ1) is 16.1. The monoisotopic (exact) mass is 335 g/mol. The molecule has 2 rings (SSSR count). The van der Waals surface area contributed by atoms with Gasteiger partial charge in [-0.2, -0.15) is 0 Å². The summed E-state index contributed by atoms with van der Waals surface area (Å²) in [4.78, 5) is 12.4. The molecule has 0 amide bonds. The van der Waals surface area contributed by atoms with E-state index in [1.807, 2.05) is 0 Å². The van der Waals surface area contributed by atoms with E-state index in [0.717, 1.165) is 6.07 Å². The third-order valence-electron chi connectivity index (χ3n) is 2.99. The highest BCUT2D eigenvalue weighted by Crippen LogP contribution is 2.30. The summed E-state index contributed by atoms with van der Waals surface area (Å²) in [7, 11) is -3.91. The van der Waals surface area contributed by atoms with Crippen LogP contribution in [0.1, 0.15) is 5.56 Å². The molecule has 8 nitrogen and oxygen atoms in total. The molecule has 1 fully saturated rings. The molecule has 1 saturated heterocycles. The summed E-state index contributed by atoms with van der Waals surface area (Å²) in [6.07, 6.45) is 0. The van der Waals surface area contributed by atoms with E-state index in [1.54, 1.807) is 0 Å². The number of benzene rings is 1. The van der Waals surface area contributed by atoms with Crippen molar-refractivity contribution in [1.82, 2.24) is 9.84 Å². The lowest BCUT2D eigenvalue weighted by atomic mass is 10.2. The number of hydrazine groups is 1. The van der Waals surface area contributed by atoms with Crippen molar-refractivity contribution in [3.8, 4) is 0 Å². The van der Waals surface area contributed by atoms with Crippen molar-refractivity contribution in [1.29, 1.82) is 0 Å². The fourth-order valence-corrected chi connectivity index (χ4v) is 3.60. The normalized spacial score (nSPS) is 16.9. The molecular formula is C11H14ClN3O5S. The molecule has 0 radical (unpaired) electrons. The second-order valence-electron chi connectivity index (χ2n) is 4.52. The number of nitrogens with zero attached hydrogens (tertiary/aromatic N) is 2. The molecule has 1 aromatic carbocycles. The minimum atomic E-state index is -3.91. The number of hydrogen-bond donors (Lipinski definition) is 1. The van der Waals surface area contributed by atoms with Crippen LogP contribution in [0.5, 0.6) is 0 Å². The summed E-state index contributed by atoms with van der Waals surface area (Å²) >= 11 is 5.75. The van der Waals surface area contributed by atoms with Gasteiger partial charge in [-0.3, -0.25) is 10.1 Å². The van der Waals surface area contributed by atoms with Crippen LogP contribution in [0, 0.1) is 17.0 Å². The Balaban J connectivity index is 2.34. The first-order valence-corrected chi connectivity index (χ1v) is 7.97. The van der Waals surface area contributed by atoms with Crippen molar-refractivity contribution in [2.24, 2.45) is 0 Å². The molecule has 0 saturated carbocycles. The van der Waals surface area contributed by atoms with Crippen LogP contribution in [-0.2, 0) is 14.8 Å². The van der Waals surface area contributed by atoms with Gasteiger partial charge >= 0.3 is 0 Å². The first-order chi connectivity index (χ1) is 9.81. The summed E-state index contributed by atoms with van der Waals surface area (Å²) < 4.78 is 29.8. The number of aryl methyl sites for hydroxylation is 1. The third kappa shape index (κ3) is 3.69. The van der Waals surface area contributed by atoms with Gasteiger partial charge < -0.3 is 4.74 Å². The number of sulfonamides is 1. The summed E-state index contributed by atoms with van der Waals surface area (Å²) in [5.41, 5.74) is -0.101. The third-order valence-corrected chi connectivity index (χ3v) is 4.81. The van der Waals surface area contributed by atoms with E-state index < -0.39 is 20.6 Å². The van der Waals surface area contributed by atoms with Crippen molar-refractivity contribution in [3.05, 3.63) is 32.8 Å². The van der Waals surface area contributed by atoms with Crippen LogP contribution in [0.4, 0.5) is 5.69 Å². The van der Waals surface area contributed by atoms with Gasteiger partial charge in [0.15, 0.2) is 0 Å². The highest BCUT2D eigenvalue weighted by atomic mass is 35.5. The fraction of sp³-hybridized carbons (Fsp3) is 0.455. The van der Waals surface area contributed by atoms with E-state index in [9.17, 15) is 18.5 Å². The number of rotatable bonds is 4. The van der Waals surface area contributed by atoms with Crippen LogP contribution in [-0.4, -0.2) is 44.7 Å². The highest BCUT2D eigenvalue weighted by Gasteiger charge is 2.26. The van der Waals surface area contributed by atoms with Gasteiger partial charge in [-0.15, -0.1) is 4.83 Å². The minimum Gasteiger partial charge on any atom is -0.379 e. The van der Waals surface area contributed by atoms with Crippen LogP contribution in [0.15, 0.2) is 17.0 Å². The maximum Gasteiger partial charge on any atom is 0.289 e. The van der Waals surface area contributed by atoms with Crippen LogP contribution in [0.2, 0.25) is 5.02 Å². The van der Waals surface area contributed by atoms with Gasteiger partial charge in [-0.25, -0.2) is 13.4 Å². The largest absolute Gasteiger partial charge is 0.379 e. The maximum absolute atomic E-state index is 12.3. The average Bonchev–Trinajstić information content (AvgIpc) is 2.38. The van der Waals surface area contributed by atoms with E-state index in [2.05, 4.69) is 4.83 Å². The highest BCUT2D eigenvalue weighted by molar-refractivity contribution is 7.89. The summed E-state index contributed by atoms with van der Waals surface area (Å²) in [5, 5.41) is 12.3. The van der Waals surface area contributed by atoms with Crippen LogP contribution in [0.25, 0.3) is 0 Å². The molecule has 116 valence electrons. The zero-order valence-electron chi connectivity index (χ0n) is 11.2. The molecule has 0 unspecified atom stereocenters. The van der Waals surface area contributed by atoms with Crippen molar-refractivity contribution in [2.75, 3.05) is 26.3 Å². The lowest BCUT2D eigenvalue weighted by Gasteiger charge is -2.26. The number of nitro groups is 1. The van der Waals surface area contributed by atoms with Gasteiger partial charge in [0.05, 0.1) is 23.0 Å². The molecular weight excluding hydrogens is 322 g/mol. The number of ether oxygens (including phenoxy) is 1. The lowest BCUT2D eigenvalue weighted by molar-refractivity contribution is -0.384. The molecule has 0 bridgehead atoms. The molecule has 1 aliphatic rings. The molecule has 0 spiro atoms. The summed E-state index contributed by atoms with van der Waals surface area (Å²) in [6.45, 7) is 3.19. The smallest absolute Gasteiger partial charge is 0.289 e. The van der Waals surface area contributed by atoms with Gasteiger partial charge in [0, 0.05) is 19.2 Å². The van der Waals surface area contributed by atoms with E-state index in [1.165, 1.54) is 18.0 Å². The number of halogens is 1. The fourth-order valence-electron chi connectivity index (χ4n) is 1.95. The van der Waals surface area contributed by atoms with E-state index >= 15 is 0 Å². The maximum atomic E-state index is 12.3. The molecule has 1 aromatic rings. The van der Waals surface area contributed by atoms with E-state index in [-0.39, 0.29) is 9.92 Å². The number of hydrogen-bond acceptors (Lipinski definition) is 6. The standard InChI is InChI=1S/C11H14ClN3O5S/c1-8-6-9(12)10(15(16)17)7-11(8)21(18,19)13-14-2-4-20-5-3-14/h6-7,13H,2-5H2,1H3. The Hall–Kier alpha value is -1.26. The Morgan fingerprint density at radius 3 is 2.57 bits per heavy atom. The Morgan fingerprint density at radius 2 is 2.00 bits per heavy atom. The van der Waals surface area contributed by atoms with Crippen molar-refractivity contribution < 1.29 is 18.1 Å². The predicted octanol–water partition coefficient (Wildman–Crippen LogP) is 1.08. The molecule has 21 heavy (non-hydrogen) atoms. The van der Waals surface area contributed by atoms with Crippen LogP contribution < -0.4 is 4.83 Å². The van der Waals surface area contributed by atoms with E-state index in [0.29, 0.717) is 31.9 Å². The minimum absolute atomic E-state index is 0.0946. The molecule has 0 atom stereocenters. The molecule has 1 heterocycles. The average molecular weight is 336 g/mol. The van der Waals surface area contributed by atoms with Crippen LogP contribution in [0.3, 0.4) is 0 Å². The molecule has 1 N–H and O–H groups in total. The SMILES string of the molecule is Cc1cc(Cl)c([N+](=O)[O-])cc1S(=O)(=O)NN1CCOCC1. The second-order valence-corrected chi connectivity index (χ2v) is 6.56. The van der Waals surface area contributed by atoms with Crippen molar-refractivity contribution >= 4 is 27.3 Å². The molecule has 0 aromatic heterocycles. The van der Waals surface area contributed by atoms with Gasteiger partial charge in [-0.05, 0) is 18.6 Å². The summed E-state index contributed by atoms with van der Waals surface area (Å²) in [5.74, 6) is 0. The van der Waals surface area contributed by atoms with Crippen LogP contribution >= 0.6 is 11.6 Å². The molecule has 10 heteroatoms. The second kappa shape index (κ2) is 6.24. The Morgan fingerprint density at radius 1 is 1.38 bits per heavy atom.